The first kappa shape index (κ1) is 15.5. The van der Waals surface area contributed by atoms with Crippen molar-refractivity contribution in [2.75, 3.05) is 13.1 Å². The van der Waals surface area contributed by atoms with Crippen LogP contribution in [0.5, 0.6) is 5.75 Å². The standard InChI is InChI=1S/C16H19N3O4/c1-11(22-13-6-4-3-5-7-13)16-18-17-15(23-16)10-21-14-8-19(9-14)12(2)20/h3-7,11,14H,8-10H2,1-2H3. The normalized spacial score (nSPS) is 16.0. The smallest absolute Gasteiger partial charge is 0.256 e. The first-order valence-corrected chi connectivity index (χ1v) is 7.53. The van der Waals surface area contributed by atoms with Gasteiger partial charge in [-0.2, -0.15) is 0 Å². The second-order valence-electron chi connectivity index (χ2n) is 5.46. The number of likely N-dealkylation sites (tertiary alicyclic amines) is 1. The van der Waals surface area contributed by atoms with Crippen molar-refractivity contribution in [1.29, 1.82) is 0 Å². The number of hydrogen-bond donors (Lipinski definition) is 0. The second-order valence-corrected chi connectivity index (χ2v) is 5.46. The largest absolute Gasteiger partial charge is 0.481 e. The molecule has 1 saturated heterocycles. The lowest BCUT2D eigenvalue weighted by Crippen LogP contribution is -2.53. The van der Waals surface area contributed by atoms with Gasteiger partial charge in [-0.15, -0.1) is 10.2 Å². The highest BCUT2D eigenvalue weighted by Gasteiger charge is 2.29. The summed E-state index contributed by atoms with van der Waals surface area (Å²) in [7, 11) is 0. The first-order chi connectivity index (χ1) is 11.1. The molecule has 2 aromatic rings. The minimum absolute atomic E-state index is 0.0345. The molecule has 7 heteroatoms. The molecule has 0 bridgehead atoms. The molecule has 0 spiro atoms. The van der Waals surface area contributed by atoms with Gasteiger partial charge in [0.1, 0.15) is 12.4 Å². The molecule has 3 rings (SSSR count). The molecule has 7 nitrogen and oxygen atoms in total. The van der Waals surface area contributed by atoms with E-state index in [4.69, 9.17) is 13.9 Å². The molecule has 1 fully saturated rings. The van der Waals surface area contributed by atoms with E-state index in [1.54, 1.807) is 11.8 Å². The van der Waals surface area contributed by atoms with Gasteiger partial charge in [-0.05, 0) is 19.1 Å². The van der Waals surface area contributed by atoms with Crippen LogP contribution in [0.1, 0.15) is 31.7 Å². The Morgan fingerprint density at radius 2 is 2.09 bits per heavy atom. The molecule has 0 N–H and O–H groups in total. The van der Waals surface area contributed by atoms with Crippen molar-refractivity contribution < 1.29 is 18.7 Å². The molecule has 0 saturated carbocycles. The van der Waals surface area contributed by atoms with Crippen molar-refractivity contribution in [2.45, 2.75) is 32.7 Å². The number of rotatable bonds is 6. The van der Waals surface area contributed by atoms with Gasteiger partial charge in [0.05, 0.1) is 6.10 Å². The number of nitrogens with zero attached hydrogens (tertiary/aromatic N) is 3. The van der Waals surface area contributed by atoms with Gasteiger partial charge in [0.15, 0.2) is 6.10 Å². The Balaban J connectivity index is 1.47. The van der Waals surface area contributed by atoms with Gasteiger partial charge < -0.3 is 18.8 Å². The Hall–Kier alpha value is -2.41. The molecule has 0 radical (unpaired) electrons. The average molecular weight is 317 g/mol. The van der Waals surface area contributed by atoms with Crippen LogP contribution in [-0.2, 0) is 16.1 Å². The van der Waals surface area contributed by atoms with Gasteiger partial charge in [0.2, 0.25) is 11.8 Å². The fraction of sp³-hybridized carbons (Fsp3) is 0.438. The monoisotopic (exact) mass is 317 g/mol. The summed E-state index contributed by atoms with van der Waals surface area (Å²) in [6, 6.07) is 9.46. The van der Waals surface area contributed by atoms with Crippen LogP contribution in [0.4, 0.5) is 0 Å². The van der Waals surface area contributed by atoms with Crippen molar-refractivity contribution in [1.82, 2.24) is 15.1 Å². The van der Waals surface area contributed by atoms with Crippen LogP contribution in [-0.4, -0.2) is 40.2 Å². The summed E-state index contributed by atoms with van der Waals surface area (Å²) in [6.45, 7) is 4.87. The number of carbonyl (C=O) groups excluding carboxylic acids is 1. The van der Waals surface area contributed by atoms with Gasteiger partial charge in [-0.1, -0.05) is 18.2 Å². The zero-order chi connectivity index (χ0) is 16.2. The highest BCUT2D eigenvalue weighted by atomic mass is 16.5. The lowest BCUT2D eigenvalue weighted by atomic mass is 10.2. The molecule has 1 aromatic heterocycles. The number of hydrogen-bond acceptors (Lipinski definition) is 6. The highest BCUT2D eigenvalue weighted by molar-refractivity contribution is 5.74. The van der Waals surface area contributed by atoms with Gasteiger partial charge in [-0.3, -0.25) is 4.79 Å². The summed E-state index contributed by atoms with van der Waals surface area (Å²) in [4.78, 5) is 12.8. The van der Waals surface area contributed by atoms with E-state index in [0.29, 0.717) is 24.9 Å². The minimum atomic E-state index is -0.337. The third kappa shape index (κ3) is 3.87. The quantitative estimate of drug-likeness (QED) is 0.810. The summed E-state index contributed by atoms with van der Waals surface area (Å²) in [5.74, 6) is 1.63. The SMILES string of the molecule is CC(=O)N1CC(OCc2nnc(C(C)Oc3ccccc3)o2)C1. The molecule has 1 unspecified atom stereocenters. The molecule has 1 aliphatic heterocycles. The van der Waals surface area contributed by atoms with Crippen molar-refractivity contribution in [3.8, 4) is 5.75 Å². The number of ether oxygens (including phenoxy) is 2. The molecule has 122 valence electrons. The van der Waals surface area contributed by atoms with Crippen LogP contribution in [0.3, 0.4) is 0 Å². The maximum absolute atomic E-state index is 11.1. The summed E-state index contributed by atoms with van der Waals surface area (Å²) in [5.41, 5.74) is 0. The molecule has 2 heterocycles. The molecule has 1 atom stereocenters. The molecule has 1 aromatic carbocycles. The Labute approximate surface area is 134 Å². The van der Waals surface area contributed by atoms with E-state index >= 15 is 0 Å². The van der Waals surface area contributed by atoms with Gasteiger partial charge in [-0.25, -0.2) is 0 Å². The van der Waals surface area contributed by atoms with Crippen LogP contribution < -0.4 is 4.74 Å². The predicted molar refractivity (Wildman–Crippen MR) is 80.6 cm³/mol. The van der Waals surface area contributed by atoms with Crippen LogP contribution in [0.25, 0.3) is 0 Å². The molecular formula is C16H19N3O4. The zero-order valence-electron chi connectivity index (χ0n) is 13.1. The van der Waals surface area contributed by atoms with Crippen molar-refractivity contribution in [3.05, 3.63) is 42.1 Å². The second kappa shape index (κ2) is 6.78. The van der Waals surface area contributed by atoms with Crippen LogP contribution in [0.2, 0.25) is 0 Å². The average Bonchev–Trinajstić information content (AvgIpc) is 2.95. The third-order valence-electron chi connectivity index (χ3n) is 3.62. The minimum Gasteiger partial charge on any atom is -0.481 e. The maximum atomic E-state index is 11.1. The van der Waals surface area contributed by atoms with Gasteiger partial charge in [0, 0.05) is 20.0 Å². The topological polar surface area (TPSA) is 77.7 Å². The molecule has 1 amide bonds. The number of benzene rings is 1. The molecule has 1 aliphatic rings. The van der Waals surface area contributed by atoms with E-state index in [9.17, 15) is 4.79 Å². The van der Waals surface area contributed by atoms with E-state index < -0.39 is 0 Å². The zero-order valence-corrected chi connectivity index (χ0v) is 13.1. The fourth-order valence-corrected chi connectivity index (χ4v) is 2.23. The van der Waals surface area contributed by atoms with Gasteiger partial charge >= 0.3 is 0 Å². The Kier molecular flexibility index (Phi) is 4.57. The molecule has 0 aliphatic carbocycles. The van der Waals surface area contributed by atoms with Gasteiger partial charge in [0.25, 0.3) is 5.89 Å². The number of carbonyl (C=O) groups is 1. The molecular weight excluding hydrogens is 298 g/mol. The summed E-state index contributed by atoms with van der Waals surface area (Å²) < 4.78 is 16.9. The molecule has 23 heavy (non-hydrogen) atoms. The van der Waals surface area contributed by atoms with Crippen molar-refractivity contribution in [3.63, 3.8) is 0 Å². The summed E-state index contributed by atoms with van der Waals surface area (Å²) in [5, 5.41) is 7.95. The fourth-order valence-electron chi connectivity index (χ4n) is 2.23. The number of amides is 1. The predicted octanol–water partition coefficient (Wildman–Crippen LogP) is 1.96. The van der Waals surface area contributed by atoms with Crippen molar-refractivity contribution >= 4 is 5.91 Å². The number of aromatic nitrogens is 2. The third-order valence-corrected chi connectivity index (χ3v) is 3.62. The van der Waals surface area contributed by atoms with E-state index in [1.807, 2.05) is 37.3 Å². The Bertz CT molecular complexity index is 652. The van der Waals surface area contributed by atoms with E-state index in [2.05, 4.69) is 10.2 Å². The Morgan fingerprint density at radius 1 is 1.35 bits per heavy atom. The maximum Gasteiger partial charge on any atom is 0.256 e. The van der Waals surface area contributed by atoms with E-state index in [1.165, 1.54) is 0 Å². The van der Waals surface area contributed by atoms with Crippen LogP contribution in [0, 0.1) is 0 Å². The van der Waals surface area contributed by atoms with Crippen LogP contribution >= 0.6 is 0 Å². The first-order valence-electron chi connectivity index (χ1n) is 7.53. The van der Waals surface area contributed by atoms with Crippen LogP contribution in [0.15, 0.2) is 34.7 Å². The lowest BCUT2D eigenvalue weighted by molar-refractivity contribution is -0.144. The highest BCUT2D eigenvalue weighted by Crippen LogP contribution is 2.21. The summed E-state index contributed by atoms with van der Waals surface area (Å²) >= 11 is 0. The number of para-hydroxylation sites is 1. The lowest BCUT2D eigenvalue weighted by Gasteiger charge is -2.37. The van der Waals surface area contributed by atoms with E-state index in [-0.39, 0.29) is 24.7 Å². The summed E-state index contributed by atoms with van der Waals surface area (Å²) in [6.07, 6.45) is -0.303. The van der Waals surface area contributed by atoms with E-state index in [0.717, 1.165) is 5.75 Å². The van der Waals surface area contributed by atoms with Crippen molar-refractivity contribution in [2.24, 2.45) is 0 Å². The Morgan fingerprint density at radius 3 is 2.78 bits per heavy atom.